The number of carbonyl (C=O) groups excluding carboxylic acids is 3. The Morgan fingerprint density at radius 2 is 1.83 bits per heavy atom. The van der Waals surface area contributed by atoms with Crippen LogP contribution < -0.4 is 15.4 Å². The molecule has 3 rings (SSSR count). The predicted molar refractivity (Wildman–Crippen MR) is 135 cm³/mol. The maximum atomic E-state index is 13.9. The van der Waals surface area contributed by atoms with E-state index in [9.17, 15) is 18.8 Å². The number of rotatable bonds is 3. The van der Waals surface area contributed by atoms with E-state index in [4.69, 9.17) is 9.47 Å². The third-order valence-corrected chi connectivity index (χ3v) is 6.23. The van der Waals surface area contributed by atoms with Crippen LogP contribution in [-0.4, -0.2) is 73.6 Å². The van der Waals surface area contributed by atoms with E-state index in [0.29, 0.717) is 24.5 Å². The van der Waals surface area contributed by atoms with Crippen molar-refractivity contribution in [3.63, 3.8) is 0 Å². The molecule has 0 saturated carbocycles. The minimum atomic E-state index is -0.658. The van der Waals surface area contributed by atoms with Crippen LogP contribution in [0.4, 0.5) is 20.6 Å². The number of nitrogens with one attached hydrogen (secondary N) is 2. The van der Waals surface area contributed by atoms with E-state index in [1.54, 1.807) is 37.3 Å². The van der Waals surface area contributed by atoms with E-state index in [2.05, 4.69) is 10.6 Å². The Hall–Kier alpha value is -3.66. The van der Waals surface area contributed by atoms with Gasteiger partial charge in [0.15, 0.2) is 0 Å². The van der Waals surface area contributed by atoms with Crippen molar-refractivity contribution < 1.29 is 28.2 Å². The lowest BCUT2D eigenvalue weighted by Gasteiger charge is -2.35. The summed E-state index contributed by atoms with van der Waals surface area (Å²) >= 11 is 0. The molecule has 2 aromatic rings. The summed E-state index contributed by atoms with van der Waals surface area (Å²) in [7, 11) is 3.24. The fraction of sp³-hybridized carbons (Fsp3) is 0.423. The van der Waals surface area contributed by atoms with Gasteiger partial charge in [0.05, 0.1) is 23.4 Å². The van der Waals surface area contributed by atoms with Crippen molar-refractivity contribution in [3.8, 4) is 5.75 Å². The number of benzene rings is 2. The van der Waals surface area contributed by atoms with E-state index < -0.39 is 11.8 Å². The summed E-state index contributed by atoms with van der Waals surface area (Å²) in [6.07, 6.45) is -0.301. The highest BCUT2D eigenvalue weighted by atomic mass is 19.1. The van der Waals surface area contributed by atoms with E-state index in [0.717, 1.165) is 0 Å². The summed E-state index contributed by atoms with van der Waals surface area (Å²) in [6.45, 7) is 6.32. The second-order valence-corrected chi connectivity index (χ2v) is 9.04. The molecule has 9 nitrogen and oxygen atoms in total. The number of urea groups is 1. The average Bonchev–Trinajstić information content (AvgIpc) is 2.84. The highest BCUT2D eigenvalue weighted by molar-refractivity contribution is 6.02. The molecule has 0 aromatic heterocycles. The number of halogens is 1. The van der Waals surface area contributed by atoms with Crippen molar-refractivity contribution in [2.45, 2.75) is 32.9 Å². The zero-order valence-electron chi connectivity index (χ0n) is 21.2. The lowest BCUT2D eigenvalue weighted by atomic mass is 10.0. The first kappa shape index (κ1) is 26.9. The molecule has 4 amide bonds. The van der Waals surface area contributed by atoms with Crippen molar-refractivity contribution in [2.24, 2.45) is 5.92 Å². The molecule has 1 aliphatic heterocycles. The number of nitrogens with zero attached hydrogens (tertiary/aromatic N) is 2. The lowest BCUT2D eigenvalue weighted by molar-refractivity contribution is -0.133. The maximum Gasteiger partial charge on any atom is 0.323 e. The summed E-state index contributed by atoms with van der Waals surface area (Å²) < 4.78 is 25.5. The normalized spacial score (nSPS) is 20.9. The highest BCUT2D eigenvalue weighted by Gasteiger charge is 2.29. The first-order valence-corrected chi connectivity index (χ1v) is 11.8. The molecule has 1 heterocycles. The van der Waals surface area contributed by atoms with Gasteiger partial charge in [-0.1, -0.05) is 19.1 Å². The summed E-state index contributed by atoms with van der Waals surface area (Å²) in [5.74, 6) is -0.662. The number of amides is 4. The SMILES string of the molecule is CO[C@@H]1CN(C)C(=O)c2cc(NC(=O)Nc3ccccc3F)ccc2OC[C@H](C)N(C(C)=O)C[C@H]1C. The lowest BCUT2D eigenvalue weighted by Crippen LogP contribution is -2.48. The standard InChI is InChI=1S/C26H33FN4O5/c1-16-13-31(18(3)32)17(2)15-36-23-11-10-19(12-20(23)25(33)30(4)14-24(16)35-5)28-26(34)29-22-9-7-6-8-21(22)27/h6-12,16-17,24H,13-15H2,1-5H3,(H2,28,29,34)/t16-,17+,24-/m1/s1. The molecule has 0 bridgehead atoms. The minimum Gasteiger partial charge on any atom is -0.491 e. The van der Waals surface area contributed by atoms with Gasteiger partial charge in [-0.2, -0.15) is 0 Å². The van der Waals surface area contributed by atoms with Gasteiger partial charge in [-0.15, -0.1) is 0 Å². The van der Waals surface area contributed by atoms with Crippen LogP contribution in [0.5, 0.6) is 5.75 Å². The quantitative estimate of drug-likeness (QED) is 0.668. The molecule has 0 unspecified atom stereocenters. The zero-order chi connectivity index (χ0) is 26.4. The molecule has 3 atom stereocenters. The van der Waals surface area contributed by atoms with Crippen LogP contribution in [0.15, 0.2) is 42.5 Å². The number of anilines is 2. The molecule has 1 aliphatic rings. The number of likely N-dealkylation sites (N-methyl/N-ethyl adjacent to an activating group) is 1. The van der Waals surface area contributed by atoms with Crippen molar-refractivity contribution in [1.82, 2.24) is 9.80 Å². The summed E-state index contributed by atoms with van der Waals surface area (Å²) in [5, 5.41) is 5.08. The number of fused-ring (bicyclic) bond motifs is 1. The molecule has 36 heavy (non-hydrogen) atoms. The van der Waals surface area contributed by atoms with Gasteiger partial charge < -0.3 is 29.9 Å². The topological polar surface area (TPSA) is 100 Å². The highest BCUT2D eigenvalue weighted by Crippen LogP contribution is 2.27. The van der Waals surface area contributed by atoms with Gasteiger partial charge in [0.2, 0.25) is 5.91 Å². The van der Waals surface area contributed by atoms with E-state index >= 15 is 0 Å². The number of hydrogen-bond donors (Lipinski definition) is 2. The van der Waals surface area contributed by atoms with Crippen molar-refractivity contribution >= 4 is 29.2 Å². The molecule has 0 spiro atoms. The fourth-order valence-electron chi connectivity index (χ4n) is 4.14. The van der Waals surface area contributed by atoms with Gasteiger partial charge >= 0.3 is 6.03 Å². The van der Waals surface area contributed by atoms with E-state index in [1.807, 2.05) is 13.8 Å². The molecule has 10 heteroatoms. The van der Waals surface area contributed by atoms with Crippen LogP contribution in [0.1, 0.15) is 31.1 Å². The summed E-state index contributed by atoms with van der Waals surface area (Å²) in [6, 6.07) is 9.61. The van der Waals surface area contributed by atoms with Gasteiger partial charge in [0.1, 0.15) is 18.2 Å². The number of ether oxygens (including phenoxy) is 2. The fourth-order valence-corrected chi connectivity index (χ4v) is 4.14. The Balaban J connectivity index is 1.89. The van der Waals surface area contributed by atoms with Crippen LogP contribution in [0.3, 0.4) is 0 Å². The average molecular weight is 501 g/mol. The summed E-state index contributed by atoms with van der Waals surface area (Å²) in [5.41, 5.74) is 0.602. The largest absolute Gasteiger partial charge is 0.491 e. The minimum absolute atomic E-state index is 0.0317. The molecule has 2 aromatic carbocycles. The second-order valence-electron chi connectivity index (χ2n) is 9.04. The van der Waals surface area contributed by atoms with Crippen LogP contribution >= 0.6 is 0 Å². The molecule has 2 N–H and O–H groups in total. The van der Waals surface area contributed by atoms with E-state index in [-0.39, 0.29) is 47.7 Å². The summed E-state index contributed by atoms with van der Waals surface area (Å²) in [4.78, 5) is 41.4. The Labute approximate surface area is 210 Å². The molecular weight excluding hydrogens is 467 g/mol. The molecule has 0 radical (unpaired) electrons. The third kappa shape index (κ3) is 6.51. The van der Waals surface area contributed by atoms with Crippen LogP contribution in [0.2, 0.25) is 0 Å². The third-order valence-electron chi connectivity index (χ3n) is 6.23. The van der Waals surface area contributed by atoms with Crippen molar-refractivity contribution in [1.29, 1.82) is 0 Å². The van der Waals surface area contributed by atoms with Crippen molar-refractivity contribution in [3.05, 3.63) is 53.8 Å². The van der Waals surface area contributed by atoms with Crippen LogP contribution in [0.25, 0.3) is 0 Å². The van der Waals surface area contributed by atoms with Gasteiger partial charge in [-0.05, 0) is 37.3 Å². The Morgan fingerprint density at radius 1 is 1.11 bits per heavy atom. The molecular formula is C26H33FN4O5. The smallest absolute Gasteiger partial charge is 0.323 e. The predicted octanol–water partition coefficient (Wildman–Crippen LogP) is 3.82. The van der Waals surface area contributed by atoms with Gasteiger partial charge in [-0.25, -0.2) is 9.18 Å². The Bertz CT molecular complexity index is 1110. The molecule has 0 fully saturated rings. The number of methoxy groups -OCH3 is 1. The van der Waals surface area contributed by atoms with Crippen LogP contribution in [0, 0.1) is 11.7 Å². The number of hydrogen-bond acceptors (Lipinski definition) is 5. The van der Waals surface area contributed by atoms with Gasteiger partial charge in [0.25, 0.3) is 5.91 Å². The Morgan fingerprint density at radius 3 is 2.50 bits per heavy atom. The monoisotopic (exact) mass is 500 g/mol. The van der Waals surface area contributed by atoms with Gasteiger partial charge in [0, 0.05) is 45.8 Å². The first-order chi connectivity index (χ1) is 17.1. The Kier molecular flexibility index (Phi) is 8.87. The second kappa shape index (κ2) is 11.9. The molecule has 0 saturated heterocycles. The molecule has 0 aliphatic carbocycles. The maximum absolute atomic E-state index is 13.9. The zero-order valence-corrected chi connectivity index (χ0v) is 21.2. The first-order valence-electron chi connectivity index (χ1n) is 11.8. The van der Waals surface area contributed by atoms with Crippen molar-refractivity contribution in [2.75, 3.05) is 44.5 Å². The van der Waals surface area contributed by atoms with E-state index in [1.165, 1.54) is 36.1 Å². The van der Waals surface area contributed by atoms with Crippen LogP contribution in [-0.2, 0) is 9.53 Å². The molecule has 194 valence electrons. The van der Waals surface area contributed by atoms with Gasteiger partial charge in [-0.3, -0.25) is 9.59 Å². The number of para-hydroxylation sites is 1. The number of carbonyl (C=O) groups is 3.